The average molecular weight is 421 g/mol. The van der Waals surface area contributed by atoms with Gasteiger partial charge in [-0.1, -0.05) is 6.42 Å². The molecule has 1 aromatic carbocycles. The molecule has 8 nitrogen and oxygen atoms in total. The Labute approximate surface area is 165 Å². The van der Waals surface area contributed by atoms with Crippen molar-refractivity contribution in [1.29, 1.82) is 0 Å². The summed E-state index contributed by atoms with van der Waals surface area (Å²) in [5.74, 6) is -2.09. The van der Waals surface area contributed by atoms with E-state index < -0.39 is 27.7 Å². The largest absolute Gasteiger partial charge is 0.417 e. The van der Waals surface area contributed by atoms with Crippen LogP contribution in [0.2, 0.25) is 0 Å². The van der Waals surface area contributed by atoms with Gasteiger partial charge in [0.1, 0.15) is 11.7 Å². The lowest BCUT2D eigenvalue weighted by molar-refractivity contribution is 0.220. The fourth-order valence-electron chi connectivity index (χ4n) is 3.19. The van der Waals surface area contributed by atoms with Crippen LogP contribution in [0, 0.1) is 18.6 Å². The molecular formula is C18H17F2N5O3S. The summed E-state index contributed by atoms with van der Waals surface area (Å²) in [6, 6.07) is 1.81. The Morgan fingerprint density at radius 1 is 1.10 bits per heavy atom. The van der Waals surface area contributed by atoms with Gasteiger partial charge in [0.2, 0.25) is 15.9 Å². The summed E-state index contributed by atoms with van der Waals surface area (Å²) >= 11 is 0. The first-order valence-electron chi connectivity index (χ1n) is 8.95. The molecule has 4 rings (SSSR count). The maximum absolute atomic E-state index is 13.6. The van der Waals surface area contributed by atoms with Gasteiger partial charge in [0.15, 0.2) is 11.6 Å². The van der Waals surface area contributed by atoms with Gasteiger partial charge in [0.05, 0.1) is 16.8 Å². The van der Waals surface area contributed by atoms with Crippen molar-refractivity contribution < 1.29 is 21.6 Å². The summed E-state index contributed by atoms with van der Waals surface area (Å²) in [7, 11) is -4.09. The number of aryl methyl sites for hydroxylation is 1. The van der Waals surface area contributed by atoms with Crippen molar-refractivity contribution in [3.05, 3.63) is 53.8 Å². The maximum Gasteiger partial charge on any atom is 0.267 e. The van der Waals surface area contributed by atoms with E-state index in [9.17, 15) is 17.2 Å². The molecule has 0 saturated carbocycles. The fraction of sp³-hybridized carbons (Fsp3) is 0.333. The Kier molecular flexibility index (Phi) is 5.09. The maximum atomic E-state index is 13.6. The van der Waals surface area contributed by atoms with Crippen LogP contribution >= 0.6 is 0 Å². The standard InChI is InChI=1S/C18H17F2N5O3S/c1-11-9-22-15(10-21-11)17-23-24-18(28-17)16-4-2-3-7-25(16)29(26,27)12-5-6-13(19)14(20)8-12/h5-6,8-10,16H,2-4,7H2,1H3/t16-/m0/s1. The molecule has 2 aromatic heterocycles. The number of hydrogen-bond donors (Lipinski definition) is 0. The Bertz CT molecular complexity index is 1130. The van der Waals surface area contributed by atoms with Crippen LogP contribution in [0.1, 0.15) is 36.9 Å². The molecule has 0 radical (unpaired) electrons. The van der Waals surface area contributed by atoms with E-state index in [1.807, 2.05) is 0 Å². The summed E-state index contributed by atoms with van der Waals surface area (Å²) in [6.07, 6.45) is 4.90. The molecule has 0 aliphatic carbocycles. The van der Waals surface area contributed by atoms with Gasteiger partial charge in [0, 0.05) is 12.7 Å². The molecule has 152 valence electrons. The van der Waals surface area contributed by atoms with Gasteiger partial charge in [-0.2, -0.15) is 4.31 Å². The predicted octanol–water partition coefficient (Wildman–Crippen LogP) is 3.03. The van der Waals surface area contributed by atoms with Gasteiger partial charge in [-0.05, 0) is 38.0 Å². The second-order valence-electron chi connectivity index (χ2n) is 6.69. The number of sulfonamides is 1. The number of aromatic nitrogens is 4. The van der Waals surface area contributed by atoms with Crippen LogP contribution in [0.25, 0.3) is 11.6 Å². The zero-order valence-corrected chi connectivity index (χ0v) is 16.2. The zero-order chi connectivity index (χ0) is 20.6. The fourth-order valence-corrected chi connectivity index (χ4v) is 4.85. The molecule has 0 amide bonds. The molecule has 0 bridgehead atoms. The molecule has 1 fully saturated rings. The SMILES string of the molecule is Cc1cnc(-c2nnc([C@@H]3CCCCN3S(=O)(=O)c3ccc(F)c(F)c3)o2)cn1. The number of halogens is 2. The normalized spacial score (nSPS) is 18.1. The second kappa shape index (κ2) is 7.56. The lowest BCUT2D eigenvalue weighted by atomic mass is 10.1. The van der Waals surface area contributed by atoms with E-state index in [2.05, 4.69) is 20.2 Å². The molecule has 0 spiro atoms. The minimum Gasteiger partial charge on any atom is -0.417 e. The quantitative estimate of drug-likeness (QED) is 0.638. The number of nitrogens with zero attached hydrogens (tertiary/aromatic N) is 5. The highest BCUT2D eigenvalue weighted by Crippen LogP contribution is 2.35. The van der Waals surface area contributed by atoms with Crippen molar-refractivity contribution in [2.24, 2.45) is 0 Å². The van der Waals surface area contributed by atoms with Gasteiger partial charge in [-0.3, -0.25) is 4.98 Å². The molecule has 0 N–H and O–H groups in total. The van der Waals surface area contributed by atoms with Crippen LogP contribution in [0.5, 0.6) is 0 Å². The highest BCUT2D eigenvalue weighted by molar-refractivity contribution is 7.89. The third-order valence-corrected chi connectivity index (χ3v) is 6.58. The third kappa shape index (κ3) is 3.75. The summed E-state index contributed by atoms with van der Waals surface area (Å²) in [4.78, 5) is 7.97. The van der Waals surface area contributed by atoms with Gasteiger partial charge in [-0.25, -0.2) is 22.2 Å². The van der Waals surface area contributed by atoms with E-state index in [1.165, 1.54) is 10.5 Å². The topological polar surface area (TPSA) is 102 Å². The monoisotopic (exact) mass is 421 g/mol. The van der Waals surface area contributed by atoms with Crippen LogP contribution in [0.4, 0.5) is 8.78 Å². The minimum absolute atomic E-state index is 0.119. The van der Waals surface area contributed by atoms with Crippen molar-refractivity contribution in [1.82, 2.24) is 24.5 Å². The summed E-state index contributed by atoms with van der Waals surface area (Å²) in [5.41, 5.74) is 1.10. The van der Waals surface area contributed by atoms with Crippen molar-refractivity contribution in [3.8, 4) is 11.6 Å². The smallest absolute Gasteiger partial charge is 0.267 e. The lowest BCUT2D eigenvalue weighted by Gasteiger charge is -2.32. The van der Waals surface area contributed by atoms with E-state index >= 15 is 0 Å². The Hall–Kier alpha value is -2.79. The van der Waals surface area contributed by atoms with E-state index in [4.69, 9.17) is 4.42 Å². The number of piperidine rings is 1. The highest BCUT2D eigenvalue weighted by Gasteiger charge is 2.38. The first kappa shape index (κ1) is 19.5. The van der Waals surface area contributed by atoms with Crippen LogP contribution in [0.3, 0.4) is 0 Å². The Balaban J connectivity index is 1.67. The van der Waals surface area contributed by atoms with Gasteiger partial charge < -0.3 is 4.42 Å². The van der Waals surface area contributed by atoms with E-state index in [1.54, 1.807) is 13.1 Å². The number of rotatable bonds is 4. The minimum atomic E-state index is -4.09. The third-order valence-electron chi connectivity index (χ3n) is 4.68. The molecule has 1 aliphatic rings. The number of hydrogen-bond acceptors (Lipinski definition) is 7. The van der Waals surface area contributed by atoms with E-state index in [-0.39, 0.29) is 23.2 Å². The number of benzene rings is 1. The predicted molar refractivity (Wildman–Crippen MR) is 96.9 cm³/mol. The van der Waals surface area contributed by atoms with E-state index in [0.29, 0.717) is 24.6 Å². The van der Waals surface area contributed by atoms with E-state index in [0.717, 1.165) is 24.2 Å². The van der Waals surface area contributed by atoms with Crippen LogP contribution in [-0.2, 0) is 10.0 Å². The molecule has 3 aromatic rings. The van der Waals surface area contributed by atoms with Crippen molar-refractivity contribution in [2.75, 3.05) is 6.54 Å². The lowest BCUT2D eigenvalue weighted by Crippen LogP contribution is -2.38. The molecule has 1 saturated heterocycles. The van der Waals surface area contributed by atoms with Crippen LogP contribution < -0.4 is 0 Å². The van der Waals surface area contributed by atoms with Crippen LogP contribution in [0.15, 0.2) is 39.9 Å². The first-order chi connectivity index (χ1) is 13.9. The molecule has 11 heteroatoms. The van der Waals surface area contributed by atoms with Crippen molar-refractivity contribution in [2.45, 2.75) is 37.1 Å². The summed E-state index contributed by atoms with van der Waals surface area (Å²) < 4.78 is 59.9. The Morgan fingerprint density at radius 2 is 1.93 bits per heavy atom. The van der Waals surface area contributed by atoms with Gasteiger partial charge in [-0.15, -0.1) is 10.2 Å². The zero-order valence-electron chi connectivity index (χ0n) is 15.4. The summed E-state index contributed by atoms with van der Waals surface area (Å²) in [5, 5.41) is 7.96. The van der Waals surface area contributed by atoms with Gasteiger partial charge in [0.25, 0.3) is 5.89 Å². The highest BCUT2D eigenvalue weighted by atomic mass is 32.2. The molecule has 3 heterocycles. The molecule has 0 unspecified atom stereocenters. The molecular weight excluding hydrogens is 404 g/mol. The average Bonchev–Trinajstić information content (AvgIpc) is 3.20. The first-order valence-corrected chi connectivity index (χ1v) is 10.4. The van der Waals surface area contributed by atoms with Gasteiger partial charge >= 0.3 is 0 Å². The second-order valence-corrected chi connectivity index (χ2v) is 8.58. The van der Waals surface area contributed by atoms with Crippen molar-refractivity contribution in [3.63, 3.8) is 0 Å². The molecule has 1 aliphatic heterocycles. The molecule has 1 atom stereocenters. The summed E-state index contributed by atoms with van der Waals surface area (Å²) in [6.45, 7) is 1.99. The Morgan fingerprint density at radius 3 is 2.66 bits per heavy atom. The molecule has 29 heavy (non-hydrogen) atoms. The van der Waals surface area contributed by atoms with Crippen LogP contribution in [-0.4, -0.2) is 39.4 Å². The van der Waals surface area contributed by atoms with Crippen molar-refractivity contribution >= 4 is 10.0 Å².